The molecule has 0 saturated heterocycles. The minimum Gasteiger partial charge on any atom is -0.494 e. The highest BCUT2D eigenvalue weighted by atomic mass is 16.5. The molecule has 2 nitrogen and oxygen atoms in total. The molecule has 0 aliphatic rings. The third-order valence-corrected chi connectivity index (χ3v) is 3.47. The molecule has 0 aromatic heterocycles. The average molecular weight is 283 g/mol. The molecule has 2 heteroatoms. The van der Waals surface area contributed by atoms with Gasteiger partial charge in [-0.25, -0.2) is 0 Å². The summed E-state index contributed by atoms with van der Waals surface area (Å²) in [5.74, 6) is 1.52. The smallest absolute Gasteiger partial charge is 0.119 e. The van der Waals surface area contributed by atoms with E-state index in [0.717, 1.165) is 31.0 Å². The maximum atomic E-state index is 5.58. The fourth-order valence-electron chi connectivity index (χ4n) is 2.11. The van der Waals surface area contributed by atoms with E-state index in [2.05, 4.69) is 62.5 Å². The third-order valence-electron chi connectivity index (χ3n) is 3.47. The Morgan fingerprint density at radius 3 is 2.19 bits per heavy atom. The molecule has 21 heavy (non-hydrogen) atoms. The molecule has 0 unspecified atom stereocenters. The van der Waals surface area contributed by atoms with Gasteiger partial charge >= 0.3 is 0 Å². The first-order valence-electron chi connectivity index (χ1n) is 7.74. The number of ether oxygens (including phenoxy) is 1. The van der Waals surface area contributed by atoms with Crippen LogP contribution in [0.3, 0.4) is 0 Å². The Labute approximate surface area is 128 Å². The van der Waals surface area contributed by atoms with Gasteiger partial charge in [-0.05, 0) is 47.7 Å². The van der Waals surface area contributed by atoms with Crippen LogP contribution in [0.4, 0.5) is 5.69 Å². The van der Waals surface area contributed by atoms with E-state index in [1.165, 1.54) is 11.1 Å². The zero-order valence-corrected chi connectivity index (χ0v) is 13.2. The largest absolute Gasteiger partial charge is 0.494 e. The van der Waals surface area contributed by atoms with Crippen LogP contribution in [0.2, 0.25) is 0 Å². The molecule has 2 rings (SSSR count). The van der Waals surface area contributed by atoms with Gasteiger partial charge in [0, 0.05) is 12.2 Å². The Hall–Kier alpha value is -1.96. The summed E-state index contributed by atoms with van der Waals surface area (Å²) in [5.41, 5.74) is 3.80. The van der Waals surface area contributed by atoms with Crippen LogP contribution >= 0.6 is 0 Å². The number of nitrogens with one attached hydrogen (secondary N) is 1. The number of anilines is 1. The summed E-state index contributed by atoms with van der Waals surface area (Å²) >= 11 is 0. The second-order valence-corrected chi connectivity index (χ2v) is 5.62. The lowest BCUT2D eigenvalue weighted by atomic mass is 10.0. The lowest BCUT2D eigenvalue weighted by molar-refractivity contribution is 0.317. The second-order valence-electron chi connectivity index (χ2n) is 5.62. The van der Waals surface area contributed by atoms with Crippen molar-refractivity contribution in [2.75, 3.05) is 11.9 Å². The molecule has 0 radical (unpaired) electrons. The highest BCUT2D eigenvalue weighted by Gasteiger charge is 1.99. The third kappa shape index (κ3) is 4.82. The van der Waals surface area contributed by atoms with Gasteiger partial charge in [0.1, 0.15) is 5.75 Å². The van der Waals surface area contributed by atoms with Crippen molar-refractivity contribution in [2.24, 2.45) is 0 Å². The standard InChI is InChI=1S/C19H25NO/c1-4-13-21-19-11-9-18(10-12-19)20-14-16-5-7-17(8-6-16)15(2)3/h5-12,15,20H,4,13-14H2,1-3H3. The van der Waals surface area contributed by atoms with Crippen molar-refractivity contribution in [3.05, 3.63) is 59.7 Å². The average Bonchev–Trinajstić information content (AvgIpc) is 2.52. The van der Waals surface area contributed by atoms with Gasteiger partial charge in [-0.3, -0.25) is 0 Å². The van der Waals surface area contributed by atoms with Crippen LogP contribution < -0.4 is 10.1 Å². The van der Waals surface area contributed by atoms with Crippen LogP contribution in [0.1, 0.15) is 44.2 Å². The number of benzene rings is 2. The van der Waals surface area contributed by atoms with Crippen molar-refractivity contribution in [1.82, 2.24) is 0 Å². The van der Waals surface area contributed by atoms with Crippen LogP contribution in [0.15, 0.2) is 48.5 Å². The molecule has 0 heterocycles. The van der Waals surface area contributed by atoms with E-state index in [1.807, 2.05) is 12.1 Å². The van der Waals surface area contributed by atoms with E-state index in [9.17, 15) is 0 Å². The molecule has 2 aromatic rings. The van der Waals surface area contributed by atoms with Gasteiger partial charge in [0.2, 0.25) is 0 Å². The van der Waals surface area contributed by atoms with Gasteiger partial charge in [-0.1, -0.05) is 45.0 Å². The zero-order valence-electron chi connectivity index (χ0n) is 13.2. The Morgan fingerprint density at radius 2 is 1.62 bits per heavy atom. The molecule has 0 fully saturated rings. The molecule has 1 N–H and O–H groups in total. The van der Waals surface area contributed by atoms with Crippen LogP contribution in [0, 0.1) is 0 Å². The predicted molar refractivity (Wildman–Crippen MR) is 90.1 cm³/mol. The lowest BCUT2D eigenvalue weighted by Crippen LogP contribution is -2.00. The van der Waals surface area contributed by atoms with Gasteiger partial charge < -0.3 is 10.1 Å². The first-order chi connectivity index (χ1) is 10.2. The fourth-order valence-corrected chi connectivity index (χ4v) is 2.11. The molecule has 112 valence electrons. The Morgan fingerprint density at radius 1 is 0.952 bits per heavy atom. The molecule has 0 bridgehead atoms. The fraction of sp³-hybridized carbons (Fsp3) is 0.368. The van der Waals surface area contributed by atoms with Crippen LogP contribution in [0.25, 0.3) is 0 Å². The summed E-state index contributed by atoms with van der Waals surface area (Å²) in [7, 11) is 0. The van der Waals surface area contributed by atoms with Crippen molar-refractivity contribution < 1.29 is 4.74 Å². The Kier molecular flexibility index (Phi) is 5.68. The van der Waals surface area contributed by atoms with Gasteiger partial charge in [0.25, 0.3) is 0 Å². The highest BCUT2D eigenvalue weighted by molar-refractivity contribution is 5.46. The predicted octanol–water partition coefficient (Wildman–Crippen LogP) is 5.21. The summed E-state index contributed by atoms with van der Waals surface area (Å²) in [5, 5.41) is 3.44. The molecule has 0 amide bonds. The van der Waals surface area contributed by atoms with E-state index in [-0.39, 0.29) is 0 Å². The van der Waals surface area contributed by atoms with E-state index in [1.54, 1.807) is 0 Å². The Bertz CT molecular complexity index is 528. The first kappa shape index (κ1) is 15.4. The topological polar surface area (TPSA) is 21.3 Å². The number of hydrogen-bond donors (Lipinski definition) is 1. The molecule has 0 saturated carbocycles. The molecule has 2 aromatic carbocycles. The summed E-state index contributed by atoms with van der Waals surface area (Å²) in [4.78, 5) is 0. The zero-order chi connectivity index (χ0) is 15.1. The molecule has 0 atom stereocenters. The minimum absolute atomic E-state index is 0.586. The molecule has 0 aliphatic carbocycles. The molecule has 0 aliphatic heterocycles. The summed E-state index contributed by atoms with van der Waals surface area (Å²) in [6.45, 7) is 8.16. The molecular weight excluding hydrogens is 258 g/mol. The van der Waals surface area contributed by atoms with Crippen molar-refractivity contribution in [2.45, 2.75) is 39.7 Å². The van der Waals surface area contributed by atoms with Crippen molar-refractivity contribution in [1.29, 1.82) is 0 Å². The summed E-state index contributed by atoms with van der Waals surface area (Å²) < 4.78 is 5.58. The van der Waals surface area contributed by atoms with Gasteiger partial charge in [0.05, 0.1) is 6.61 Å². The summed E-state index contributed by atoms with van der Waals surface area (Å²) in [6.07, 6.45) is 1.03. The maximum Gasteiger partial charge on any atom is 0.119 e. The van der Waals surface area contributed by atoms with Crippen molar-refractivity contribution >= 4 is 5.69 Å². The molecular formula is C19H25NO. The van der Waals surface area contributed by atoms with Gasteiger partial charge in [0.15, 0.2) is 0 Å². The SMILES string of the molecule is CCCOc1ccc(NCc2ccc(C(C)C)cc2)cc1. The lowest BCUT2D eigenvalue weighted by Gasteiger charge is -2.10. The molecule has 0 spiro atoms. The van der Waals surface area contributed by atoms with Gasteiger partial charge in [-0.2, -0.15) is 0 Å². The number of hydrogen-bond acceptors (Lipinski definition) is 2. The van der Waals surface area contributed by atoms with Crippen LogP contribution in [0.5, 0.6) is 5.75 Å². The maximum absolute atomic E-state index is 5.58. The van der Waals surface area contributed by atoms with E-state index < -0.39 is 0 Å². The normalized spacial score (nSPS) is 10.7. The van der Waals surface area contributed by atoms with Crippen molar-refractivity contribution in [3.8, 4) is 5.75 Å². The monoisotopic (exact) mass is 283 g/mol. The first-order valence-corrected chi connectivity index (χ1v) is 7.74. The van der Waals surface area contributed by atoms with Crippen LogP contribution in [-0.2, 0) is 6.54 Å². The quantitative estimate of drug-likeness (QED) is 0.753. The minimum atomic E-state index is 0.586. The van der Waals surface area contributed by atoms with Gasteiger partial charge in [-0.15, -0.1) is 0 Å². The number of rotatable bonds is 7. The van der Waals surface area contributed by atoms with Crippen molar-refractivity contribution in [3.63, 3.8) is 0 Å². The Balaban J connectivity index is 1.87. The van der Waals surface area contributed by atoms with Crippen LogP contribution in [-0.4, -0.2) is 6.61 Å². The van der Waals surface area contributed by atoms with E-state index in [4.69, 9.17) is 4.74 Å². The highest BCUT2D eigenvalue weighted by Crippen LogP contribution is 2.18. The van der Waals surface area contributed by atoms with E-state index in [0.29, 0.717) is 5.92 Å². The second kappa shape index (κ2) is 7.72. The van der Waals surface area contributed by atoms with E-state index >= 15 is 0 Å². The summed E-state index contributed by atoms with van der Waals surface area (Å²) in [6, 6.07) is 17.0.